The molecule has 7 nitrogen and oxygen atoms in total. The topological polar surface area (TPSA) is 98.3 Å². The van der Waals surface area contributed by atoms with Crippen LogP contribution >= 0.6 is 0 Å². The SMILES string of the molecule is CC(c1ccc(S(N)(=O)=O)cc1)N(C)C(=O)CCn1cccn1. The number of aryl methyl sites for hydroxylation is 1. The van der Waals surface area contributed by atoms with E-state index >= 15 is 0 Å². The van der Waals surface area contributed by atoms with Gasteiger partial charge in [0.15, 0.2) is 0 Å². The minimum absolute atomic E-state index is 0.0106. The Morgan fingerprint density at radius 3 is 2.52 bits per heavy atom. The average molecular weight is 336 g/mol. The third kappa shape index (κ3) is 4.40. The number of sulfonamides is 1. The molecule has 1 aromatic heterocycles. The lowest BCUT2D eigenvalue weighted by atomic mass is 10.1. The monoisotopic (exact) mass is 336 g/mol. The number of primary sulfonamides is 1. The lowest BCUT2D eigenvalue weighted by Gasteiger charge is -2.25. The minimum Gasteiger partial charge on any atom is -0.339 e. The van der Waals surface area contributed by atoms with E-state index < -0.39 is 10.0 Å². The Balaban J connectivity index is 2.00. The van der Waals surface area contributed by atoms with Gasteiger partial charge in [-0.3, -0.25) is 9.48 Å². The number of aromatic nitrogens is 2. The molecule has 2 aromatic rings. The second-order valence-electron chi connectivity index (χ2n) is 5.31. The zero-order valence-electron chi connectivity index (χ0n) is 13.1. The highest BCUT2D eigenvalue weighted by molar-refractivity contribution is 7.89. The molecule has 2 rings (SSSR count). The van der Waals surface area contributed by atoms with Gasteiger partial charge in [-0.15, -0.1) is 0 Å². The molecule has 1 unspecified atom stereocenters. The minimum atomic E-state index is -3.71. The smallest absolute Gasteiger partial charge is 0.238 e. The van der Waals surface area contributed by atoms with E-state index in [2.05, 4.69) is 5.10 Å². The van der Waals surface area contributed by atoms with Gasteiger partial charge >= 0.3 is 0 Å². The van der Waals surface area contributed by atoms with Crippen LogP contribution in [0.15, 0.2) is 47.6 Å². The fourth-order valence-corrected chi connectivity index (χ4v) is 2.71. The molecule has 1 atom stereocenters. The molecule has 0 saturated carbocycles. The normalized spacial score (nSPS) is 12.8. The summed E-state index contributed by atoms with van der Waals surface area (Å²) >= 11 is 0. The highest BCUT2D eigenvalue weighted by atomic mass is 32.2. The number of rotatable bonds is 6. The van der Waals surface area contributed by atoms with Gasteiger partial charge in [-0.25, -0.2) is 13.6 Å². The van der Waals surface area contributed by atoms with Crippen LogP contribution in [-0.4, -0.2) is 36.1 Å². The molecule has 1 aromatic carbocycles. The van der Waals surface area contributed by atoms with Gasteiger partial charge in [-0.05, 0) is 30.7 Å². The third-order valence-corrected chi connectivity index (χ3v) is 4.71. The first-order chi connectivity index (χ1) is 10.8. The Labute approximate surface area is 135 Å². The van der Waals surface area contributed by atoms with Gasteiger partial charge in [0, 0.05) is 32.4 Å². The molecule has 0 saturated heterocycles. The third-order valence-electron chi connectivity index (χ3n) is 3.78. The molecule has 124 valence electrons. The standard InChI is InChI=1S/C15H20N4O3S/c1-12(13-4-6-14(7-5-13)23(16,21)22)18(2)15(20)8-11-19-10-3-9-17-19/h3-7,9-10,12H,8,11H2,1-2H3,(H2,16,21,22). The van der Waals surface area contributed by atoms with E-state index in [1.807, 2.05) is 19.2 Å². The quantitative estimate of drug-likeness (QED) is 0.855. The molecule has 0 aliphatic heterocycles. The number of amides is 1. The van der Waals surface area contributed by atoms with Crippen LogP contribution in [0.3, 0.4) is 0 Å². The molecule has 0 spiro atoms. The van der Waals surface area contributed by atoms with E-state index in [0.717, 1.165) is 5.56 Å². The molecule has 1 heterocycles. The van der Waals surface area contributed by atoms with Gasteiger partial charge in [0.2, 0.25) is 15.9 Å². The largest absolute Gasteiger partial charge is 0.339 e. The highest BCUT2D eigenvalue weighted by Crippen LogP contribution is 2.21. The number of carbonyl (C=O) groups excluding carboxylic acids is 1. The first-order valence-electron chi connectivity index (χ1n) is 7.15. The van der Waals surface area contributed by atoms with Crippen molar-refractivity contribution in [2.75, 3.05) is 7.05 Å². The maximum Gasteiger partial charge on any atom is 0.238 e. The number of nitrogens with two attached hydrogens (primary N) is 1. The maximum atomic E-state index is 12.2. The van der Waals surface area contributed by atoms with Crippen molar-refractivity contribution in [1.82, 2.24) is 14.7 Å². The van der Waals surface area contributed by atoms with Crippen LogP contribution in [0.2, 0.25) is 0 Å². The predicted octanol–water partition coefficient (Wildman–Crippen LogP) is 1.14. The van der Waals surface area contributed by atoms with E-state index in [1.165, 1.54) is 12.1 Å². The van der Waals surface area contributed by atoms with Gasteiger partial charge < -0.3 is 4.90 Å². The molecule has 23 heavy (non-hydrogen) atoms. The van der Waals surface area contributed by atoms with E-state index in [9.17, 15) is 13.2 Å². The number of hydrogen-bond donors (Lipinski definition) is 1. The zero-order chi connectivity index (χ0) is 17.0. The van der Waals surface area contributed by atoms with E-state index in [1.54, 1.807) is 35.0 Å². The van der Waals surface area contributed by atoms with Crippen LogP contribution in [0, 0.1) is 0 Å². The number of carbonyl (C=O) groups is 1. The molecular formula is C15H20N4O3S. The van der Waals surface area contributed by atoms with Crippen molar-refractivity contribution >= 4 is 15.9 Å². The lowest BCUT2D eigenvalue weighted by Crippen LogP contribution is -2.30. The van der Waals surface area contributed by atoms with Crippen molar-refractivity contribution in [3.8, 4) is 0 Å². The molecule has 0 bridgehead atoms. The summed E-state index contributed by atoms with van der Waals surface area (Å²) in [6.07, 6.45) is 3.82. The van der Waals surface area contributed by atoms with Crippen LogP contribution in [0.5, 0.6) is 0 Å². The number of hydrogen-bond acceptors (Lipinski definition) is 4. The average Bonchev–Trinajstić information content (AvgIpc) is 3.04. The fourth-order valence-electron chi connectivity index (χ4n) is 2.19. The summed E-state index contributed by atoms with van der Waals surface area (Å²) in [6, 6.07) is 7.87. The van der Waals surface area contributed by atoms with Crippen molar-refractivity contribution in [2.24, 2.45) is 5.14 Å². The van der Waals surface area contributed by atoms with Crippen LogP contribution in [0.1, 0.15) is 24.9 Å². The molecular weight excluding hydrogens is 316 g/mol. The van der Waals surface area contributed by atoms with Gasteiger partial charge in [0.1, 0.15) is 0 Å². The summed E-state index contributed by atoms with van der Waals surface area (Å²) in [4.78, 5) is 13.9. The molecule has 1 amide bonds. The molecule has 0 radical (unpaired) electrons. The Morgan fingerprint density at radius 1 is 1.35 bits per heavy atom. The number of benzene rings is 1. The second kappa shape index (κ2) is 6.93. The van der Waals surface area contributed by atoms with Crippen molar-refractivity contribution in [3.63, 3.8) is 0 Å². The van der Waals surface area contributed by atoms with Gasteiger partial charge in [0.25, 0.3) is 0 Å². The fraction of sp³-hybridized carbons (Fsp3) is 0.333. The predicted molar refractivity (Wildman–Crippen MR) is 85.8 cm³/mol. The van der Waals surface area contributed by atoms with Gasteiger partial charge in [0.05, 0.1) is 10.9 Å². The Hall–Kier alpha value is -2.19. The van der Waals surface area contributed by atoms with Gasteiger partial charge in [-0.2, -0.15) is 5.10 Å². The highest BCUT2D eigenvalue weighted by Gasteiger charge is 2.18. The summed E-state index contributed by atoms with van der Waals surface area (Å²) in [5, 5.41) is 9.14. The zero-order valence-corrected chi connectivity index (χ0v) is 13.9. The first-order valence-corrected chi connectivity index (χ1v) is 8.69. The van der Waals surface area contributed by atoms with Crippen LogP contribution < -0.4 is 5.14 Å². The lowest BCUT2D eigenvalue weighted by molar-refractivity contribution is -0.132. The molecule has 0 fully saturated rings. The van der Waals surface area contributed by atoms with Crippen LogP contribution in [0.4, 0.5) is 0 Å². The Kier molecular flexibility index (Phi) is 5.17. The summed E-state index contributed by atoms with van der Waals surface area (Å²) in [5.41, 5.74) is 0.840. The molecule has 0 aliphatic rings. The Morgan fingerprint density at radius 2 is 2.00 bits per heavy atom. The van der Waals surface area contributed by atoms with E-state index in [4.69, 9.17) is 5.14 Å². The summed E-state index contributed by atoms with van der Waals surface area (Å²) in [6.45, 7) is 2.41. The van der Waals surface area contributed by atoms with Crippen molar-refractivity contribution in [2.45, 2.75) is 30.8 Å². The Bertz CT molecular complexity index is 755. The van der Waals surface area contributed by atoms with E-state index in [0.29, 0.717) is 13.0 Å². The first kappa shape index (κ1) is 17.2. The maximum absolute atomic E-state index is 12.2. The second-order valence-corrected chi connectivity index (χ2v) is 6.88. The van der Waals surface area contributed by atoms with Crippen molar-refractivity contribution in [1.29, 1.82) is 0 Å². The van der Waals surface area contributed by atoms with Crippen molar-refractivity contribution < 1.29 is 13.2 Å². The number of nitrogens with zero attached hydrogens (tertiary/aromatic N) is 3. The molecule has 2 N–H and O–H groups in total. The van der Waals surface area contributed by atoms with Crippen LogP contribution in [-0.2, 0) is 21.4 Å². The van der Waals surface area contributed by atoms with E-state index in [-0.39, 0.29) is 16.8 Å². The summed E-state index contributed by atoms with van der Waals surface area (Å²) in [5.74, 6) is -0.0106. The van der Waals surface area contributed by atoms with Gasteiger partial charge in [-0.1, -0.05) is 12.1 Å². The summed E-state index contributed by atoms with van der Waals surface area (Å²) < 4.78 is 24.2. The van der Waals surface area contributed by atoms with Crippen molar-refractivity contribution in [3.05, 3.63) is 48.3 Å². The summed E-state index contributed by atoms with van der Waals surface area (Å²) in [7, 11) is -1.98. The van der Waals surface area contributed by atoms with Crippen LogP contribution in [0.25, 0.3) is 0 Å². The molecule has 0 aliphatic carbocycles. The molecule has 8 heteroatoms.